The Labute approximate surface area is 423 Å². The molecule has 0 saturated heterocycles. The van der Waals surface area contributed by atoms with Gasteiger partial charge in [0.1, 0.15) is 23.0 Å². The molecule has 4 rings (SSSR count). The lowest BCUT2D eigenvalue weighted by Gasteiger charge is -2.53. The van der Waals surface area contributed by atoms with Crippen LogP contribution >= 0.6 is 7.87 Å². The van der Waals surface area contributed by atoms with Crippen LogP contribution in [0.1, 0.15) is 182 Å². The molecule has 9 heteroatoms. The summed E-state index contributed by atoms with van der Waals surface area (Å²) in [6.45, 7) is 12.9. The van der Waals surface area contributed by atoms with Crippen LogP contribution in [0.15, 0.2) is 97.1 Å². The molecule has 0 unspecified atom stereocenters. The van der Waals surface area contributed by atoms with Gasteiger partial charge in [0.25, 0.3) is 0 Å². The first kappa shape index (κ1) is 57.3. The van der Waals surface area contributed by atoms with Gasteiger partial charge < -0.3 is 18.9 Å². The molecule has 0 aliphatic carbocycles. The number of anilines is 4. The van der Waals surface area contributed by atoms with Gasteiger partial charge in [-0.1, -0.05) is 156 Å². The monoisotopic (exact) mass is 968 g/mol. The van der Waals surface area contributed by atoms with Crippen molar-refractivity contribution >= 4 is 30.6 Å². The van der Waals surface area contributed by atoms with Crippen LogP contribution in [0.2, 0.25) is 0 Å². The summed E-state index contributed by atoms with van der Waals surface area (Å²) in [4.78, 5) is 0. The van der Waals surface area contributed by atoms with E-state index in [1.54, 1.807) is 28.4 Å². The largest absolute Gasteiger partial charge is 0.497 e. The number of nitrogens with zero attached hydrogens (tertiary/aromatic N) is 4. The minimum Gasteiger partial charge on any atom is -0.497 e. The molecule has 69 heavy (non-hydrogen) atoms. The molecule has 0 heterocycles. The maximum Gasteiger partial charge on any atom is 0.405 e. The van der Waals surface area contributed by atoms with Gasteiger partial charge in [0.15, 0.2) is 0 Å². The van der Waals surface area contributed by atoms with Crippen molar-refractivity contribution in [2.24, 2.45) is 0 Å². The first-order valence-electron chi connectivity index (χ1n) is 27.5. The van der Waals surface area contributed by atoms with Crippen molar-refractivity contribution in [2.45, 2.75) is 182 Å². The molecular weight excluding hydrogens is 872 g/mol. The maximum atomic E-state index is 5.89. The summed E-state index contributed by atoms with van der Waals surface area (Å²) in [5.74, 6) is 3.50. The van der Waals surface area contributed by atoms with E-state index in [1.807, 2.05) is 0 Å². The molecule has 0 fully saturated rings. The minimum atomic E-state index is -2.99. The van der Waals surface area contributed by atoms with E-state index in [0.29, 0.717) is 0 Å². The highest BCUT2D eigenvalue weighted by molar-refractivity contribution is 7.81. The summed E-state index contributed by atoms with van der Waals surface area (Å²) in [7, 11) is 4.13. The summed E-state index contributed by atoms with van der Waals surface area (Å²) in [5.41, 5.74) is 4.90. The molecule has 0 atom stereocenters. The third-order valence-corrected chi connectivity index (χ3v) is 18.0. The zero-order chi connectivity index (χ0) is 49.4. The van der Waals surface area contributed by atoms with Gasteiger partial charge in [-0.15, -0.1) is 0 Å². The van der Waals surface area contributed by atoms with Crippen LogP contribution in [-0.4, -0.2) is 54.6 Å². The highest BCUT2D eigenvalue weighted by Crippen LogP contribution is 2.74. The van der Waals surface area contributed by atoms with Crippen LogP contribution in [0.3, 0.4) is 0 Å². The number of hydrogen-bond acceptors (Lipinski definition) is 8. The predicted molar refractivity (Wildman–Crippen MR) is 302 cm³/mol. The van der Waals surface area contributed by atoms with Crippen molar-refractivity contribution in [2.75, 3.05) is 73.3 Å². The van der Waals surface area contributed by atoms with E-state index >= 15 is 0 Å². The zero-order valence-electron chi connectivity index (χ0n) is 44.9. The van der Waals surface area contributed by atoms with Gasteiger partial charge in [-0.3, -0.25) is 0 Å². The average Bonchev–Trinajstić information content (AvgIpc) is 3.39. The summed E-state index contributed by atoms with van der Waals surface area (Å²) >= 11 is 0. The van der Waals surface area contributed by atoms with Crippen molar-refractivity contribution in [3.63, 3.8) is 0 Å². The van der Waals surface area contributed by atoms with Gasteiger partial charge in [-0.25, -0.2) is 0 Å². The molecule has 8 nitrogen and oxygen atoms in total. The molecule has 0 spiro atoms. The fourth-order valence-corrected chi connectivity index (χ4v) is 14.6. The molecule has 0 bridgehead atoms. The normalized spacial score (nSPS) is 11.4. The van der Waals surface area contributed by atoms with Gasteiger partial charge in [0.2, 0.25) is 0 Å². The number of rotatable bonds is 40. The Morgan fingerprint density at radius 1 is 0.261 bits per heavy atom. The minimum absolute atomic E-state index is 0.875. The van der Waals surface area contributed by atoms with Crippen molar-refractivity contribution in [3.05, 3.63) is 97.1 Å². The predicted octanol–water partition coefficient (Wildman–Crippen LogP) is 18.2. The third-order valence-electron chi connectivity index (χ3n) is 13.7. The van der Waals surface area contributed by atoms with Gasteiger partial charge in [-0.05, 0) is 123 Å². The summed E-state index contributed by atoms with van der Waals surface area (Å²) in [6, 6.07) is 36.2. The zero-order valence-corrected chi connectivity index (χ0v) is 45.8. The molecule has 0 aliphatic rings. The van der Waals surface area contributed by atoms with E-state index in [2.05, 4.69) is 143 Å². The van der Waals surface area contributed by atoms with E-state index in [-0.39, 0.29) is 0 Å². The van der Waals surface area contributed by atoms with Crippen LogP contribution in [0, 0.1) is 0 Å². The highest BCUT2D eigenvalue weighted by Gasteiger charge is 2.63. The average molecular weight is 968 g/mol. The maximum absolute atomic E-state index is 5.89. The van der Waals surface area contributed by atoms with Crippen LogP contribution in [-0.2, 0) is 0 Å². The van der Waals surface area contributed by atoms with Crippen LogP contribution in [0.4, 0.5) is 22.7 Å². The molecular formula is C60H96N4O4P+. The van der Waals surface area contributed by atoms with Crippen LogP contribution in [0.25, 0.3) is 0 Å². The van der Waals surface area contributed by atoms with E-state index in [1.165, 1.54) is 151 Å². The fourth-order valence-electron chi connectivity index (χ4n) is 9.64. The van der Waals surface area contributed by atoms with Crippen LogP contribution < -0.4 is 37.6 Å². The van der Waals surface area contributed by atoms with Gasteiger partial charge in [0.05, 0.1) is 77.4 Å². The molecule has 0 amide bonds. The molecule has 0 saturated carbocycles. The number of unbranched alkanes of at least 4 members (excludes halogenated alkanes) is 20. The summed E-state index contributed by atoms with van der Waals surface area (Å²) < 4.78 is 35.2. The molecule has 4 aromatic rings. The SMILES string of the molecule is CCCCCCCCN(c1ccc(OC)cc1)[P+](N(CCCCCCCC)c1ccc(OC)cc1)(N(CCCCCCCC)c1ccc(OC)cc1)N(CCCCCCCC)c1ccc(OC)cc1. The van der Waals surface area contributed by atoms with Crippen molar-refractivity contribution in [1.82, 2.24) is 0 Å². The Bertz CT molecular complexity index is 1580. The van der Waals surface area contributed by atoms with Gasteiger partial charge in [-0.2, -0.15) is 18.7 Å². The molecule has 0 aliphatic heterocycles. The Balaban J connectivity index is 2.21. The van der Waals surface area contributed by atoms with E-state index < -0.39 is 7.87 Å². The number of methoxy groups -OCH3 is 4. The van der Waals surface area contributed by atoms with E-state index in [4.69, 9.17) is 18.9 Å². The smallest absolute Gasteiger partial charge is 0.405 e. The second kappa shape index (κ2) is 34.1. The second-order valence-corrected chi connectivity index (χ2v) is 21.9. The van der Waals surface area contributed by atoms with Crippen LogP contribution in [0.5, 0.6) is 23.0 Å². The summed E-state index contributed by atoms with van der Waals surface area (Å²) in [6.07, 6.45) is 29.3. The lowest BCUT2D eigenvalue weighted by atomic mass is 10.1. The Morgan fingerprint density at radius 2 is 0.435 bits per heavy atom. The first-order chi connectivity index (χ1) is 33.9. The van der Waals surface area contributed by atoms with Crippen molar-refractivity contribution in [1.29, 1.82) is 0 Å². The molecule has 384 valence electrons. The molecule has 0 radical (unpaired) electrons. The Hall–Kier alpha value is -4.29. The number of hydrogen-bond donors (Lipinski definition) is 0. The standard InChI is InChI=1S/C60H96N4O4P/c1-9-13-17-21-25-29-49-61(53-33-41-57(65-5)42-34-53)69(62(50-30-26-22-18-14-10-2)54-35-43-58(66-6)44-36-54,63(51-31-27-23-19-15-11-3)55-37-45-59(67-7)46-38-55)64(52-32-28-24-20-16-12-4)56-39-47-60(68-8)48-40-56/h33-48H,9-32,49-52H2,1-8H3/q+1. The quantitative estimate of drug-likeness (QED) is 0.0323. The van der Waals surface area contributed by atoms with E-state index in [0.717, 1.165) is 74.9 Å². The third kappa shape index (κ3) is 18.1. The Morgan fingerprint density at radius 3 is 0.609 bits per heavy atom. The van der Waals surface area contributed by atoms with Crippen molar-refractivity contribution < 1.29 is 18.9 Å². The molecule has 0 N–H and O–H groups in total. The topological polar surface area (TPSA) is 49.9 Å². The van der Waals surface area contributed by atoms with Gasteiger partial charge >= 0.3 is 7.87 Å². The number of ether oxygens (including phenoxy) is 4. The number of benzene rings is 4. The van der Waals surface area contributed by atoms with E-state index in [9.17, 15) is 0 Å². The summed E-state index contributed by atoms with van der Waals surface area (Å²) in [5, 5.41) is 0. The highest BCUT2D eigenvalue weighted by atomic mass is 31.2. The first-order valence-corrected chi connectivity index (χ1v) is 29.1. The molecule has 4 aromatic carbocycles. The van der Waals surface area contributed by atoms with Gasteiger partial charge in [0, 0.05) is 0 Å². The second-order valence-electron chi connectivity index (χ2n) is 18.9. The molecule has 0 aromatic heterocycles. The fraction of sp³-hybridized carbons (Fsp3) is 0.600. The lowest BCUT2D eigenvalue weighted by Crippen LogP contribution is -2.55. The lowest BCUT2D eigenvalue weighted by molar-refractivity contribution is 0.414. The Kier molecular flexibility index (Phi) is 28.3. The van der Waals surface area contributed by atoms with Crippen molar-refractivity contribution in [3.8, 4) is 23.0 Å².